The van der Waals surface area contributed by atoms with Crippen molar-refractivity contribution in [3.8, 4) is 11.5 Å². The Morgan fingerprint density at radius 3 is 2.33 bits per heavy atom. The van der Waals surface area contributed by atoms with Crippen molar-refractivity contribution in [3.05, 3.63) is 47.0 Å². The van der Waals surface area contributed by atoms with Gasteiger partial charge in [0.1, 0.15) is 11.5 Å². The van der Waals surface area contributed by atoms with E-state index in [0.29, 0.717) is 0 Å². The molecule has 0 unspecified atom stereocenters. The van der Waals surface area contributed by atoms with Crippen molar-refractivity contribution in [2.24, 2.45) is 0 Å². The smallest absolute Gasteiger partial charge is 0.221 e. The van der Waals surface area contributed by atoms with Crippen molar-refractivity contribution in [3.63, 3.8) is 0 Å². The van der Waals surface area contributed by atoms with Gasteiger partial charge in [0, 0.05) is 25.3 Å². The van der Waals surface area contributed by atoms with Crippen LogP contribution < -0.4 is 15.4 Å². The Morgan fingerprint density at radius 1 is 1.12 bits per heavy atom. The highest BCUT2D eigenvalue weighted by Gasteiger charge is 2.10. The van der Waals surface area contributed by atoms with Crippen LogP contribution in [0.3, 0.4) is 0 Å². The fourth-order valence-electron chi connectivity index (χ4n) is 2.86. The van der Waals surface area contributed by atoms with Crippen molar-refractivity contribution in [1.82, 2.24) is 0 Å². The average molecular weight is 326 g/mol. The van der Waals surface area contributed by atoms with Crippen LogP contribution in [0.25, 0.3) is 0 Å². The summed E-state index contributed by atoms with van der Waals surface area (Å²) in [5.41, 5.74) is 5.17. The van der Waals surface area contributed by atoms with Gasteiger partial charge < -0.3 is 15.4 Å². The lowest BCUT2D eigenvalue weighted by molar-refractivity contribution is -0.114. The predicted molar refractivity (Wildman–Crippen MR) is 100 cm³/mol. The molecular formula is C20H26N2O2. The molecule has 2 aromatic carbocycles. The summed E-state index contributed by atoms with van der Waals surface area (Å²) in [4.78, 5) is 11.2. The average Bonchev–Trinajstić information content (AvgIpc) is 2.51. The van der Waals surface area contributed by atoms with Crippen LogP contribution in [0.15, 0.2) is 30.3 Å². The van der Waals surface area contributed by atoms with Crippen LogP contribution in [0.4, 0.5) is 11.4 Å². The molecule has 0 saturated heterocycles. The third-order valence-electron chi connectivity index (χ3n) is 3.87. The zero-order chi connectivity index (χ0) is 17.7. The number of nitrogens with one attached hydrogen (secondary N) is 2. The van der Waals surface area contributed by atoms with Crippen LogP contribution in [0.2, 0.25) is 0 Å². The number of carbonyl (C=O) groups is 1. The lowest BCUT2D eigenvalue weighted by atomic mass is 10.1. The van der Waals surface area contributed by atoms with Gasteiger partial charge >= 0.3 is 0 Å². The number of hydrogen-bond acceptors (Lipinski definition) is 3. The Balaban J connectivity index is 2.30. The maximum absolute atomic E-state index is 11.2. The molecule has 0 radical (unpaired) electrons. The second-order valence-corrected chi connectivity index (χ2v) is 6.04. The highest BCUT2D eigenvalue weighted by Crippen LogP contribution is 2.33. The largest absolute Gasteiger partial charge is 0.457 e. The molecule has 1 amide bonds. The van der Waals surface area contributed by atoms with Gasteiger partial charge in [-0.2, -0.15) is 0 Å². The maximum atomic E-state index is 11.2. The van der Waals surface area contributed by atoms with Crippen LogP contribution in [0.5, 0.6) is 11.5 Å². The standard InChI is InChI=1S/C20H26N2O2/c1-6-7-16-12-18(8-9-19(16)21-5)24-20-13(2)10-17(11-14(20)3)22-15(4)23/h8-12,21H,6-7H2,1-5H3,(H,22,23). The van der Waals surface area contributed by atoms with E-state index in [0.717, 1.165) is 46.8 Å². The zero-order valence-electron chi connectivity index (χ0n) is 15.1. The molecule has 0 aliphatic heterocycles. The summed E-state index contributed by atoms with van der Waals surface area (Å²) >= 11 is 0. The molecule has 0 aliphatic carbocycles. The minimum atomic E-state index is -0.0747. The van der Waals surface area contributed by atoms with E-state index in [1.807, 2.05) is 39.1 Å². The topological polar surface area (TPSA) is 50.4 Å². The normalized spacial score (nSPS) is 10.4. The SMILES string of the molecule is CCCc1cc(Oc2c(C)cc(NC(C)=O)cc2C)ccc1NC. The van der Waals surface area contributed by atoms with E-state index in [2.05, 4.69) is 29.7 Å². The van der Waals surface area contributed by atoms with E-state index in [1.54, 1.807) is 0 Å². The molecule has 0 heterocycles. The quantitative estimate of drug-likeness (QED) is 0.781. The minimum absolute atomic E-state index is 0.0747. The van der Waals surface area contributed by atoms with Crippen molar-refractivity contribution in [2.45, 2.75) is 40.5 Å². The maximum Gasteiger partial charge on any atom is 0.221 e. The fourth-order valence-corrected chi connectivity index (χ4v) is 2.86. The van der Waals surface area contributed by atoms with Crippen molar-refractivity contribution in [1.29, 1.82) is 0 Å². The Morgan fingerprint density at radius 2 is 1.79 bits per heavy atom. The van der Waals surface area contributed by atoms with E-state index in [4.69, 9.17) is 4.74 Å². The van der Waals surface area contributed by atoms with E-state index >= 15 is 0 Å². The van der Waals surface area contributed by atoms with Crippen LogP contribution in [0.1, 0.15) is 37.0 Å². The molecule has 0 spiro atoms. The molecule has 0 atom stereocenters. The summed E-state index contributed by atoms with van der Waals surface area (Å²) in [5, 5.41) is 6.04. The molecule has 24 heavy (non-hydrogen) atoms. The first-order valence-corrected chi connectivity index (χ1v) is 8.32. The molecule has 2 rings (SSSR count). The van der Waals surface area contributed by atoms with Gasteiger partial charge in [0.2, 0.25) is 5.91 Å². The monoisotopic (exact) mass is 326 g/mol. The first-order chi connectivity index (χ1) is 11.4. The highest BCUT2D eigenvalue weighted by atomic mass is 16.5. The van der Waals surface area contributed by atoms with E-state index in [1.165, 1.54) is 12.5 Å². The number of amides is 1. The van der Waals surface area contributed by atoms with Gasteiger partial charge in [-0.15, -0.1) is 0 Å². The third kappa shape index (κ3) is 4.28. The number of hydrogen-bond donors (Lipinski definition) is 2. The first-order valence-electron chi connectivity index (χ1n) is 8.32. The molecule has 0 fully saturated rings. The van der Waals surface area contributed by atoms with Crippen LogP contribution in [-0.4, -0.2) is 13.0 Å². The number of rotatable bonds is 6. The molecule has 0 saturated carbocycles. The van der Waals surface area contributed by atoms with Crippen LogP contribution in [-0.2, 0) is 11.2 Å². The van der Waals surface area contributed by atoms with Crippen LogP contribution >= 0.6 is 0 Å². The molecular weight excluding hydrogens is 300 g/mol. The summed E-state index contributed by atoms with van der Waals surface area (Å²) in [6, 6.07) is 9.98. The van der Waals surface area contributed by atoms with E-state index < -0.39 is 0 Å². The van der Waals surface area contributed by atoms with Gasteiger partial charge in [0.05, 0.1) is 0 Å². The summed E-state index contributed by atoms with van der Waals surface area (Å²) in [5.74, 6) is 1.59. The Labute approximate surface area is 144 Å². The summed E-state index contributed by atoms with van der Waals surface area (Å²) < 4.78 is 6.15. The van der Waals surface area contributed by atoms with E-state index in [-0.39, 0.29) is 5.91 Å². The van der Waals surface area contributed by atoms with Gasteiger partial charge in [-0.05, 0) is 67.3 Å². The second-order valence-electron chi connectivity index (χ2n) is 6.04. The number of anilines is 2. The zero-order valence-corrected chi connectivity index (χ0v) is 15.1. The Kier molecular flexibility index (Phi) is 5.85. The molecule has 4 heteroatoms. The minimum Gasteiger partial charge on any atom is -0.457 e. The molecule has 0 aliphatic rings. The Bertz CT molecular complexity index is 715. The number of carbonyl (C=O) groups excluding carboxylic acids is 1. The number of ether oxygens (including phenoxy) is 1. The first kappa shape index (κ1) is 17.9. The summed E-state index contributed by atoms with van der Waals surface area (Å²) in [7, 11) is 1.93. The number of aryl methyl sites for hydroxylation is 3. The molecule has 2 N–H and O–H groups in total. The highest BCUT2D eigenvalue weighted by molar-refractivity contribution is 5.89. The molecule has 4 nitrogen and oxygen atoms in total. The predicted octanol–water partition coefficient (Wildman–Crippen LogP) is 5.05. The van der Waals surface area contributed by atoms with Crippen LogP contribution in [0, 0.1) is 13.8 Å². The third-order valence-corrected chi connectivity index (χ3v) is 3.87. The van der Waals surface area contributed by atoms with Crippen molar-refractivity contribution in [2.75, 3.05) is 17.7 Å². The number of benzene rings is 2. The van der Waals surface area contributed by atoms with Gasteiger partial charge in [-0.1, -0.05) is 13.3 Å². The van der Waals surface area contributed by atoms with E-state index in [9.17, 15) is 4.79 Å². The lowest BCUT2D eigenvalue weighted by Gasteiger charge is -2.16. The summed E-state index contributed by atoms with van der Waals surface area (Å²) in [6.07, 6.45) is 2.09. The second kappa shape index (κ2) is 7.86. The van der Waals surface area contributed by atoms with Gasteiger partial charge in [0.15, 0.2) is 0 Å². The Hall–Kier alpha value is -2.49. The van der Waals surface area contributed by atoms with Crippen molar-refractivity contribution >= 4 is 17.3 Å². The molecule has 128 valence electrons. The van der Waals surface area contributed by atoms with Gasteiger partial charge in [0.25, 0.3) is 0 Å². The van der Waals surface area contributed by atoms with Gasteiger partial charge in [-0.25, -0.2) is 0 Å². The molecule has 0 bridgehead atoms. The fraction of sp³-hybridized carbons (Fsp3) is 0.350. The summed E-state index contributed by atoms with van der Waals surface area (Å²) in [6.45, 7) is 7.65. The lowest BCUT2D eigenvalue weighted by Crippen LogP contribution is -2.06. The molecule has 2 aromatic rings. The molecule has 0 aromatic heterocycles. The van der Waals surface area contributed by atoms with Crippen molar-refractivity contribution < 1.29 is 9.53 Å². The van der Waals surface area contributed by atoms with Gasteiger partial charge in [-0.3, -0.25) is 4.79 Å².